The number of rotatable bonds is 29. The van der Waals surface area contributed by atoms with Crippen molar-refractivity contribution in [2.75, 3.05) is 62.8 Å². The van der Waals surface area contributed by atoms with Gasteiger partial charge >= 0.3 is 24.0 Å². The number of nitrogens with one attached hydrogen (secondary N) is 3. The van der Waals surface area contributed by atoms with E-state index >= 15 is 0 Å². The Labute approximate surface area is 577 Å². The standard InChI is InChI=1S/C70H79N9O20S/c1-39-45(42-12-15-50(75-55(42)62(89)90)77-23-19-40-7-6-8-43(46(40)30-77)61(88)76-65-74-47-9-4-5-10-49(47)100-65)29-73-79(39)38-69-33-67(2)32-68(3,34-69)36-70(35-67,37-69)97-26-22-72-66(93)96-31-41-11-14-48(98-64-58(87)56(85)57(86)60(99-64)63(91)92)44(13-18-54(83)84)59(41)95-28-27-94-25-21-71-51(80)20-24-78-52(81)16-17-53(78)82/h4-12,14-17,29,56-58,60,64,85-87H,13,18-28,30-38H2,1-3H3,(H,71,80)(H,72,93)(H,83,84)(H,89,90)(H,91,92)(H,74,76,88)/t56-,57?,58+,60-,64+,67?,68?,69?,70?/m0/s1. The van der Waals surface area contributed by atoms with E-state index in [2.05, 4.69) is 34.8 Å². The Bertz CT molecular complexity index is 4140. The number of amides is 5. The highest BCUT2D eigenvalue weighted by molar-refractivity contribution is 7.22. The maximum atomic E-state index is 13.8. The molecular weight excluding hydrogens is 1320 g/mol. The van der Waals surface area contributed by atoms with Crippen molar-refractivity contribution in [3.8, 4) is 22.6 Å². The first-order valence-corrected chi connectivity index (χ1v) is 33.9. The van der Waals surface area contributed by atoms with Gasteiger partial charge in [0.2, 0.25) is 12.2 Å². The molecule has 100 heavy (non-hydrogen) atoms. The number of aliphatic hydroxyl groups is 3. The number of alkyl carbamates (subject to hydrolysis) is 1. The van der Waals surface area contributed by atoms with E-state index in [1.807, 2.05) is 59.0 Å². The summed E-state index contributed by atoms with van der Waals surface area (Å²) >= 11 is 1.40. The first-order valence-electron chi connectivity index (χ1n) is 33.1. The van der Waals surface area contributed by atoms with Gasteiger partial charge in [0, 0.05) is 97.8 Å². The minimum atomic E-state index is -2.03. The number of aromatic nitrogens is 4. The summed E-state index contributed by atoms with van der Waals surface area (Å²) in [4.78, 5) is 113. The molecule has 3 unspecified atom stereocenters. The fourth-order valence-corrected chi connectivity index (χ4v) is 17.2. The molecule has 1 saturated heterocycles. The zero-order chi connectivity index (χ0) is 70.8. The zero-order valence-electron chi connectivity index (χ0n) is 55.3. The van der Waals surface area contributed by atoms with Crippen LogP contribution in [0.2, 0.25) is 0 Å². The quantitative estimate of drug-likeness (QED) is 0.0205. The smallest absolute Gasteiger partial charge is 0.407 e. The van der Waals surface area contributed by atoms with Crippen LogP contribution in [0, 0.1) is 23.2 Å². The van der Waals surface area contributed by atoms with E-state index in [0.29, 0.717) is 53.7 Å². The van der Waals surface area contributed by atoms with Crippen LogP contribution < -0.4 is 30.3 Å². The molecule has 3 aromatic carbocycles. The number of nitrogens with zero attached hydrogens (tertiary/aromatic N) is 6. The first-order chi connectivity index (χ1) is 47.8. The highest BCUT2D eigenvalue weighted by Gasteiger charge is 2.66. The highest BCUT2D eigenvalue weighted by atomic mass is 32.1. The second kappa shape index (κ2) is 29.0. The first kappa shape index (κ1) is 70.4. The number of aliphatic hydroxyl groups excluding tert-OH is 3. The van der Waals surface area contributed by atoms with E-state index in [9.17, 15) is 69.0 Å². The van der Waals surface area contributed by atoms with Gasteiger partial charge in [-0.2, -0.15) is 5.10 Å². The van der Waals surface area contributed by atoms with E-state index in [1.165, 1.54) is 23.5 Å². The minimum Gasteiger partial charge on any atom is -0.490 e. The zero-order valence-corrected chi connectivity index (χ0v) is 56.1. The summed E-state index contributed by atoms with van der Waals surface area (Å²) in [6, 6.07) is 19.7. The number of carboxylic acids is 3. The van der Waals surface area contributed by atoms with E-state index in [0.717, 1.165) is 82.6 Å². The lowest BCUT2D eigenvalue weighted by atomic mass is 9.39. The Kier molecular flexibility index (Phi) is 20.4. The average Bonchev–Trinajstić information content (AvgIpc) is 1.03. The van der Waals surface area contributed by atoms with Gasteiger partial charge in [0.05, 0.1) is 41.8 Å². The van der Waals surface area contributed by atoms with Gasteiger partial charge in [-0.05, 0) is 128 Å². The SMILES string of the molecule is Cc1c(-c2ccc(N3CCc4cccc(C(=O)Nc5nc6ccccc6s5)c4C3)nc2C(=O)O)cnn1CC12CC3(C)CC(C)(C1)CC(OCCNC(=O)OCc1ccc(O[C@@H]4O[C@H](C(=O)O)C(O)[C@H](O)[C@H]4O)c(CCC(=O)O)c1OCCOCCNC(=O)CCN1C(=O)C=CC1=O)(C3)C2. The van der Waals surface area contributed by atoms with Crippen molar-refractivity contribution in [3.63, 3.8) is 0 Å². The maximum Gasteiger partial charge on any atom is 0.407 e. The van der Waals surface area contributed by atoms with E-state index < -0.39 is 91.1 Å². The lowest BCUT2D eigenvalue weighted by Gasteiger charge is -2.69. The molecule has 7 atom stereocenters. The number of hydrogen-bond acceptors (Lipinski definition) is 22. The Hall–Kier alpha value is -9.43. The number of para-hydroxylation sites is 1. The van der Waals surface area contributed by atoms with Crippen LogP contribution in [-0.4, -0.2) is 192 Å². The number of fused-ring (bicyclic) bond motifs is 2. The fraction of sp³-hybridized carbons (Fsp3) is 0.471. The number of ether oxygens (including phenoxy) is 6. The lowest BCUT2D eigenvalue weighted by Crippen LogP contribution is -2.64. The molecule has 0 radical (unpaired) electrons. The van der Waals surface area contributed by atoms with Crippen molar-refractivity contribution >= 4 is 80.1 Å². The van der Waals surface area contributed by atoms with Gasteiger partial charge in [0.15, 0.2) is 16.9 Å². The Morgan fingerprint density at radius 1 is 0.780 bits per heavy atom. The third kappa shape index (κ3) is 15.3. The van der Waals surface area contributed by atoms with E-state index in [-0.39, 0.29) is 109 Å². The van der Waals surface area contributed by atoms with Gasteiger partial charge in [-0.25, -0.2) is 24.4 Å². The monoisotopic (exact) mass is 1400 g/mol. The van der Waals surface area contributed by atoms with Crippen molar-refractivity contribution in [2.45, 2.75) is 141 Å². The maximum absolute atomic E-state index is 13.8. The van der Waals surface area contributed by atoms with Crippen LogP contribution in [0.5, 0.6) is 11.5 Å². The third-order valence-corrected chi connectivity index (χ3v) is 20.5. The molecule has 3 aromatic heterocycles. The Morgan fingerprint density at radius 3 is 2.28 bits per heavy atom. The van der Waals surface area contributed by atoms with Crippen LogP contribution in [0.1, 0.15) is 114 Å². The van der Waals surface area contributed by atoms with Crippen LogP contribution in [0.15, 0.2) is 85.1 Å². The van der Waals surface area contributed by atoms with Gasteiger partial charge in [0.1, 0.15) is 48.8 Å². The van der Waals surface area contributed by atoms with Gasteiger partial charge < -0.3 is 74.6 Å². The van der Waals surface area contributed by atoms with E-state index in [4.69, 9.17) is 38.5 Å². The number of imide groups is 1. The van der Waals surface area contributed by atoms with Crippen molar-refractivity contribution in [3.05, 3.63) is 124 Å². The molecule has 530 valence electrons. The molecule has 4 bridgehead atoms. The predicted molar refractivity (Wildman–Crippen MR) is 356 cm³/mol. The number of carbonyl (C=O) groups excluding carboxylic acids is 5. The fourth-order valence-electron chi connectivity index (χ4n) is 16.4. The highest BCUT2D eigenvalue weighted by Crippen LogP contribution is 2.72. The van der Waals surface area contributed by atoms with Gasteiger partial charge in [-0.15, -0.1) is 0 Å². The largest absolute Gasteiger partial charge is 0.490 e. The molecule has 5 amide bonds. The number of carboxylic acid groups (broad SMARTS) is 3. The summed E-state index contributed by atoms with van der Waals surface area (Å²) in [6.45, 7) is 7.44. The van der Waals surface area contributed by atoms with Crippen LogP contribution in [0.25, 0.3) is 21.3 Å². The second-order valence-corrected chi connectivity index (χ2v) is 28.5. The molecule has 0 spiro atoms. The predicted octanol–water partition coefficient (Wildman–Crippen LogP) is 5.55. The number of carbonyl (C=O) groups is 8. The molecule has 13 rings (SSSR count). The molecule has 7 aliphatic rings. The van der Waals surface area contributed by atoms with Crippen LogP contribution in [0.3, 0.4) is 0 Å². The number of hydrogen-bond donors (Lipinski definition) is 9. The Morgan fingerprint density at radius 2 is 1.54 bits per heavy atom. The number of aliphatic carboxylic acids is 2. The van der Waals surface area contributed by atoms with Crippen molar-refractivity contribution < 1.29 is 97.4 Å². The number of anilines is 2. The summed E-state index contributed by atoms with van der Waals surface area (Å²) < 4.78 is 38.7. The van der Waals surface area contributed by atoms with Gasteiger partial charge in [-0.1, -0.05) is 49.4 Å². The van der Waals surface area contributed by atoms with Crippen molar-refractivity contribution in [1.82, 2.24) is 35.3 Å². The molecule has 6 heterocycles. The third-order valence-electron chi connectivity index (χ3n) is 19.6. The summed E-state index contributed by atoms with van der Waals surface area (Å²) in [5.41, 5.74) is 4.27. The molecule has 30 heteroatoms. The number of aromatic carboxylic acids is 1. The molecule has 3 aliphatic heterocycles. The van der Waals surface area contributed by atoms with E-state index in [1.54, 1.807) is 18.3 Å². The van der Waals surface area contributed by atoms with Crippen LogP contribution >= 0.6 is 11.3 Å². The summed E-state index contributed by atoms with van der Waals surface area (Å²) in [6.07, 6.45) is -1.90. The Balaban J connectivity index is 0.683. The number of benzene rings is 3. The van der Waals surface area contributed by atoms with Crippen molar-refractivity contribution in [1.29, 1.82) is 0 Å². The topological polar surface area (TPSA) is 399 Å². The van der Waals surface area contributed by atoms with Crippen LogP contribution in [0.4, 0.5) is 15.7 Å². The van der Waals surface area contributed by atoms with Gasteiger partial charge in [0.25, 0.3) is 17.7 Å². The molecule has 29 nitrogen and oxygen atoms in total. The molecule has 9 N–H and O–H groups in total. The lowest BCUT2D eigenvalue weighted by molar-refractivity contribution is -0.271. The second-order valence-electron chi connectivity index (χ2n) is 27.4. The summed E-state index contributed by atoms with van der Waals surface area (Å²) in [5, 5.41) is 75.8. The molecular formula is C70H79N9O20S. The summed E-state index contributed by atoms with van der Waals surface area (Å²) in [5.74, 6) is -5.54. The van der Waals surface area contributed by atoms with Crippen molar-refractivity contribution in [2.24, 2.45) is 16.2 Å². The average molecular weight is 1400 g/mol. The molecule has 6 aromatic rings. The van der Waals surface area contributed by atoms with Crippen LogP contribution in [-0.2, 0) is 75.5 Å². The molecule has 4 aliphatic carbocycles. The molecule has 5 fully saturated rings. The normalized spacial score (nSPS) is 25.0. The minimum absolute atomic E-state index is 0.00172. The van der Waals surface area contributed by atoms with Gasteiger partial charge in [-0.3, -0.25) is 38.9 Å². The number of thiazole rings is 1. The number of pyridine rings is 1. The molecule has 4 saturated carbocycles. The summed E-state index contributed by atoms with van der Waals surface area (Å²) in [7, 11) is 0.